The van der Waals surface area contributed by atoms with Gasteiger partial charge in [-0.2, -0.15) is 0 Å². The van der Waals surface area contributed by atoms with Crippen molar-refractivity contribution in [3.63, 3.8) is 0 Å². The maximum atomic E-state index is 12.8. The van der Waals surface area contributed by atoms with E-state index < -0.39 is 0 Å². The number of nitrogens with zero attached hydrogens (tertiary/aromatic N) is 5. The molecule has 2 heterocycles. The first-order chi connectivity index (χ1) is 11.1. The van der Waals surface area contributed by atoms with E-state index in [0.717, 1.165) is 25.2 Å². The summed E-state index contributed by atoms with van der Waals surface area (Å²) in [5.74, 6) is 0.957. The molecule has 23 heavy (non-hydrogen) atoms. The Morgan fingerprint density at radius 3 is 2.78 bits per heavy atom. The van der Waals surface area contributed by atoms with Gasteiger partial charge in [-0.25, -0.2) is 4.68 Å². The smallest absolute Gasteiger partial charge is 0.225 e. The molecular weight excluding hydrogens is 310 g/mol. The van der Waals surface area contributed by atoms with E-state index >= 15 is 0 Å². The number of tetrazole rings is 1. The number of rotatable bonds is 6. The van der Waals surface area contributed by atoms with Crippen molar-refractivity contribution in [3.8, 4) is 0 Å². The van der Waals surface area contributed by atoms with Gasteiger partial charge in [-0.15, -0.1) is 16.4 Å². The van der Waals surface area contributed by atoms with E-state index in [1.54, 1.807) is 16.0 Å². The molecule has 0 saturated heterocycles. The van der Waals surface area contributed by atoms with E-state index in [1.807, 2.05) is 6.92 Å². The molecule has 1 saturated carbocycles. The number of carbonyl (C=O) groups excluding carboxylic acids is 1. The summed E-state index contributed by atoms with van der Waals surface area (Å²) in [7, 11) is 0. The van der Waals surface area contributed by atoms with Gasteiger partial charge in [-0.3, -0.25) is 4.79 Å². The maximum absolute atomic E-state index is 12.8. The Balaban J connectivity index is 1.68. The van der Waals surface area contributed by atoms with E-state index in [9.17, 15) is 4.79 Å². The van der Waals surface area contributed by atoms with E-state index in [1.165, 1.54) is 23.3 Å². The van der Waals surface area contributed by atoms with Gasteiger partial charge >= 0.3 is 0 Å². The number of amides is 1. The van der Waals surface area contributed by atoms with E-state index in [-0.39, 0.29) is 5.91 Å². The average Bonchev–Trinajstić information content (AvgIpc) is 3.26. The van der Waals surface area contributed by atoms with Crippen molar-refractivity contribution in [3.05, 3.63) is 27.7 Å². The first-order valence-electron chi connectivity index (χ1n) is 8.20. The summed E-state index contributed by atoms with van der Waals surface area (Å²) in [4.78, 5) is 16.2. The van der Waals surface area contributed by atoms with Crippen LogP contribution in [0.5, 0.6) is 0 Å². The van der Waals surface area contributed by atoms with Crippen LogP contribution >= 0.6 is 11.3 Å². The monoisotopic (exact) mass is 333 g/mol. The van der Waals surface area contributed by atoms with Gasteiger partial charge in [0.1, 0.15) is 5.82 Å². The third-order valence-electron chi connectivity index (χ3n) is 4.62. The number of hydrogen-bond donors (Lipinski definition) is 0. The SMILES string of the molecule is Cc1ccsc1CN(C(=O)CCn1nnnc1C)C1CCCC1. The van der Waals surface area contributed by atoms with Crippen LogP contribution in [0.1, 0.15) is 48.4 Å². The molecule has 6 nitrogen and oxygen atoms in total. The van der Waals surface area contributed by atoms with Gasteiger partial charge in [0.05, 0.1) is 13.1 Å². The molecular formula is C16H23N5OS. The van der Waals surface area contributed by atoms with Gasteiger partial charge in [0.2, 0.25) is 5.91 Å². The largest absolute Gasteiger partial charge is 0.335 e. The molecule has 3 rings (SSSR count). The Morgan fingerprint density at radius 2 is 2.17 bits per heavy atom. The van der Waals surface area contributed by atoms with Gasteiger partial charge in [0.25, 0.3) is 0 Å². The molecule has 2 aromatic rings. The standard InChI is InChI=1S/C16H23N5OS/c1-12-8-10-23-15(12)11-20(14-5-3-4-6-14)16(22)7-9-21-13(2)17-18-19-21/h8,10,14H,3-7,9,11H2,1-2H3. The summed E-state index contributed by atoms with van der Waals surface area (Å²) in [6.07, 6.45) is 5.15. The molecule has 0 atom stereocenters. The van der Waals surface area contributed by atoms with Crippen LogP contribution in [0.25, 0.3) is 0 Å². The fourth-order valence-corrected chi connectivity index (χ4v) is 4.06. The second-order valence-electron chi connectivity index (χ2n) is 6.19. The minimum atomic E-state index is 0.208. The number of hydrogen-bond acceptors (Lipinski definition) is 5. The van der Waals surface area contributed by atoms with E-state index in [4.69, 9.17) is 0 Å². The van der Waals surface area contributed by atoms with Crippen molar-refractivity contribution >= 4 is 17.2 Å². The van der Waals surface area contributed by atoms with Crippen molar-refractivity contribution in [1.29, 1.82) is 0 Å². The molecule has 0 unspecified atom stereocenters. The molecule has 2 aromatic heterocycles. The zero-order chi connectivity index (χ0) is 16.2. The zero-order valence-corrected chi connectivity index (χ0v) is 14.6. The van der Waals surface area contributed by atoms with Gasteiger partial charge < -0.3 is 4.90 Å². The van der Waals surface area contributed by atoms with Crippen LogP contribution in [0.3, 0.4) is 0 Å². The fourth-order valence-electron chi connectivity index (χ4n) is 3.16. The molecule has 1 fully saturated rings. The summed E-state index contributed by atoms with van der Waals surface area (Å²) in [5.41, 5.74) is 1.28. The summed E-state index contributed by atoms with van der Waals surface area (Å²) in [6, 6.07) is 2.51. The Labute approximate surface area is 140 Å². The lowest BCUT2D eigenvalue weighted by Crippen LogP contribution is -2.38. The topological polar surface area (TPSA) is 63.9 Å². The minimum Gasteiger partial charge on any atom is -0.335 e. The van der Waals surface area contributed by atoms with Crippen molar-refractivity contribution < 1.29 is 4.79 Å². The van der Waals surface area contributed by atoms with E-state index in [0.29, 0.717) is 19.0 Å². The second-order valence-corrected chi connectivity index (χ2v) is 7.19. The number of thiophene rings is 1. The van der Waals surface area contributed by atoms with Gasteiger partial charge in [0, 0.05) is 17.3 Å². The highest BCUT2D eigenvalue weighted by Gasteiger charge is 2.27. The Kier molecular flexibility index (Phi) is 5.05. The quantitative estimate of drug-likeness (QED) is 0.815. The van der Waals surface area contributed by atoms with Crippen LogP contribution in [0.4, 0.5) is 0 Å². The maximum Gasteiger partial charge on any atom is 0.225 e. The summed E-state index contributed by atoms with van der Waals surface area (Å²) >= 11 is 1.74. The average molecular weight is 333 g/mol. The van der Waals surface area contributed by atoms with Gasteiger partial charge in [-0.1, -0.05) is 12.8 Å². The first kappa shape index (κ1) is 16.1. The molecule has 0 radical (unpaired) electrons. The minimum absolute atomic E-state index is 0.208. The molecule has 1 aliphatic rings. The van der Waals surface area contributed by atoms with Crippen LogP contribution in [0, 0.1) is 13.8 Å². The molecule has 1 amide bonds. The molecule has 0 aromatic carbocycles. The van der Waals surface area contributed by atoms with Crippen molar-refractivity contribution in [2.24, 2.45) is 0 Å². The van der Waals surface area contributed by atoms with Crippen LogP contribution in [0.15, 0.2) is 11.4 Å². The Hall–Kier alpha value is -1.76. The third-order valence-corrected chi connectivity index (χ3v) is 5.62. The highest BCUT2D eigenvalue weighted by atomic mass is 32.1. The van der Waals surface area contributed by atoms with Gasteiger partial charge in [-0.05, 0) is 54.1 Å². The lowest BCUT2D eigenvalue weighted by molar-refractivity contribution is -0.134. The highest BCUT2D eigenvalue weighted by Crippen LogP contribution is 2.27. The van der Waals surface area contributed by atoms with Crippen LogP contribution in [0.2, 0.25) is 0 Å². The molecule has 1 aliphatic carbocycles. The van der Waals surface area contributed by atoms with Crippen molar-refractivity contribution in [1.82, 2.24) is 25.1 Å². The Morgan fingerprint density at radius 1 is 1.39 bits per heavy atom. The molecule has 0 N–H and O–H groups in total. The second kappa shape index (κ2) is 7.21. The Bertz CT molecular complexity index is 659. The number of aromatic nitrogens is 4. The predicted molar refractivity (Wildman–Crippen MR) is 89.0 cm³/mol. The summed E-state index contributed by atoms with van der Waals surface area (Å²) < 4.78 is 1.70. The lowest BCUT2D eigenvalue weighted by Gasteiger charge is -2.29. The van der Waals surface area contributed by atoms with E-state index in [2.05, 4.69) is 38.8 Å². The molecule has 0 bridgehead atoms. The van der Waals surface area contributed by atoms with Crippen LogP contribution in [-0.4, -0.2) is 37.1 Å². The third kappa shape index (κ3) is 3.77. The summed E-state index contributed by atoms with van der Waals surface area (Å²) in [5, 5.41) is 13.5. The fraction of sp³-hybridized carbons (Fsp3) is 0.625. The predicted octanol–water partition coefficient (Wildman–Crippen LogP) is 2.71. The normalized spacial score (nSPS) is 15.2. The molecule has 0 aliphatic heterocycles. The van der Waals surface area contributed by atoms with Crippen molar-refractivity contribution in [2.75, 3.05) is 0 Å². The lowest BCUT2D eigenvalue weighted by atomic mass is 10.1. The van der Waals surface area contributed by atoms with Crippen LogP contribution in [-0.2, 0) is 17.9 Å². The van der Waals surface area contributed by atoms with Gasteiger partial charge in [0.15, 0.2) is 0 Å². The van der Waals surface area contributed by atoms with Crippen molar-refractivity contribution in [2.45, 2.75) is 65.1 Å². The first-order valence-corrected chi connectivity index (χ1v) is 9.08. The number of aryl methyl sites for hydroxylation is 3. The molecule has 124 valence electrons. The summed E-state index contributed by atoms with van der Waals surface area (Å²) in [6.45, 7) is 5.26. The molecule has 7 heteroatoms. The highest BCUT2D eigenvalue weighted by molar-refractivity contribution is 7.10. The zero-order valence-electron chi connectivity index (χ0n) is 13.7. The number of carbonyl (C=O) groups is 1. The molecule has 0 spiro atoms. The van der Waals surface area contributed by atoms with Crippen LogP contribution < -0.4 is 0 Å².